The van der Waals surface area contributed by atoms with Gasteiger partial charge in [-0.2, -0.15) is 0 Å². The summed E-state index contributed by atoms with van der Waals surface area (Å²) >= 11 is 0. The van der Waals surface area contributed by atoms with Crippen molar-refractivity contribution in [2.75, 3.05) is 25.1 Å². The lowest BCUT2D eigenvalue weighted by atomic mass is 9.83. The lowest BCUT2D eigenvalue weighted by Gasteiger charge is -2.32. The lowest BCUT2D eigenvalue weighted by Crippen LogP contribution is -2.42. The molecular weight excluding hydrogens is 242 g/mol. The van der Waals surface area contributed by atoms with Crippen LogP contribution in [0.25, 0.3) is 0 Å². The van der Waals surface area contributed by atoms with Crippen molar-refractivity contribution in [3.05, 3.63) is 18.1 Å². The molecule has 0 bridgehead atoms. The van der Waals surface area contributed by atoms with Gasteiger partial charge in [-0.3, -0.25) is 0 Å². The Balaban J connectivity index is 1.59. The van der Waals surface area contributed by atoms with Gasteiger partial charge in [-0.25, -0.2) is 9.97 Å². The van der Waals surface area contributed by atoms with Gasteiger partial charge in [-0.15, -0.1) is 0 Å². The largest absolute Gasteiger partial charge is 0.388 e. The summed E-state index contributed by atoms with van der Waals surface area (Å²) in [6.07, 6.45) is 6.75. The fourth-order valence-electron chi connectivity index (χ4n) is 2.58. The molecule has 1 aromatic rings. The second kappa shape index (κ2) is 5.43. The van der Waals surface area contributed by atoms with Crippen LogP contribution in [0, 0.1) is 0 Å². The average Bonchev–Trinajstić information content (AvgIpc) is 2.36. The van der Waals surface area contributed by atoms with E-state index in [-0.39, 0.29) is 0 Å². The molecule has 0 atom stereocenters. The number of aromatic nitrogens is 2. The van der Waals surface area contributed by atoms with Crippen LogP contribution in [-0.2, 0) is 4.74 Å². The summed E-state index contributed by atoms with van der Waals surface area (Å²) in [4.78, 5) is 8.57. The molecule has 2 aliphatic rings. The lowest BCUT2D eigenvalue weighted by molar-refractivity contribution is -0.0543. The zero-order chi connectivity index (χ0) is 13.1. The highest BCUT2D eigenvalue weighted by Gasteiger charge is 2.29. The molecule has 5 nitrogen and oxygen atoms in total. The van der Waals surface area contributed by atoms with Gasteiger partial charge in [0.1, 0.15) is 12.1 Å². The van der Waals surface area contributed by atoms with Gasteiger partial charge in [0.25, 0.3) is 0 Å². The number of ether oxygens (including phenoxy) is 1. The van der Waals surface area contributed by atoms with Crippen LogP contribution in [0.4, 0.5) is 5.82 Å². The van der Waals surface area contributed by atoms with Crippen molar-refractivity contribution in [2.45, 2.75) is 43.6 Å². The molecule has 0 aromatic carbocycles. The summed E-state index contributed by atoms with van der Waals surface area (Å²) in [5.74, 6) is 1.42. The molecule has 2 N–H and O–H groups in total. The SMILES string of the molecule is OC1(CNc2cc(C3CCC3)ncn2)CCOCC1. The predicted molar refractivity (Wildman–Crippen MR) is 72.1 cm³/mol. The van der Waals surface area contributed by atoms with E-state index in [1.54, 1.807) is 6.33 Å². The van der Waals surface area contributed by atoms with Gasteiger partial charge < -0.3 is 15.2 Å². The van der Waals surface area contributed by atoms with Gasteiger partial charge in [-0.1, -0.05) is 6.42 Å². The quantitative estimate of drug-likeness (QED) is 0.865. The summed E-state index contributed by atoms with van der Waals surface area (Å²) in [5, 5.41) is 13.6. The maximum Gasteiger partial charge on any atom is 0.129 e. The van der Waals surface area contributed by atoms with E-state index in [0.29, 0.717) is 38.5 Å². The van der Waals surface area contributed by atoms with E-state index in [9.17, 15) is 5.11 Å². The summed E-state index contributed by atoms with van der Waals surface area (Å²) in [5.41, 5.74) is 0.461. The maximum atomic E-state index is 10.4. The summed E-state index contributed by atoms with van der Waals surface area (Å²) in [6.45, 7) is 1.79. The molecule has 0 radical (unpaired) electrons. The van der Waals surface area contributed by atoms with E-state index in [1.165, 1.54) is 19.3 Å². The van der Waals surface area contributed by atoms with Crippen molar-refractivity contribution in [1.29, 1.82) is 0 Å². The Morgan fingerprint density at radius 3 is 2.79 bits per heavy atom. The fourth-order valence-corrected chi connectivity index (χ4v) is 2.58. The molecule has 1 saturated carbocycles. The second-order valence-corrected chi connectivity index (χ2v) is 5.65. The van der Waals surface area contributed by atoms with Gasteiger partial charge >= 0.3 is 0 Å². The highest BCUT2D eigenvalue weighted by Crippen LogP contribution is 2.35. The molecule has 1 aromatic heterocycles. The first kappa shape index (κ1) is 12.8. The number of hydrogen-bond donors (Lipinski definition) is 2. The Morgan fingerprint density at radius 1 is 1.32 bits per heavy atom. The third-order valence-electron chi connectivity index (χ3n) is 4.23. The van der Waals surface area contributed by atoms with Crippen LogP contribution in [0.5, 0.6) is 0 Å². The zero-order valence-electron chi connectivity index (χ0n) is 11.1. The molecule has 2 heterocycles. The Kier molecular flexibility index (Phi) is 3.66. The highest BCUT2D eigenvalue weighted by atomic mass is 16.5. The number of rotatable bonds is 4. The first-order chi connectivity index (χ1) is 9.25. The zero-order valence-corrected chi connectivity index (χ0v) is 11.1. The van der Waals surface area contributed by atoms with Gasteiger partial charge in [0.05, 0.1) is 5.60 Å². The molecule has 2 fully saturated rings. The van der Waals surface area contributed by atoms with Crippen molar-refractivity contribution in [3.8, 4) is 0 Å². The van der Waals surface area contributed by atoms with Gasteiger partial charge in [0.2, 0.25) is 0 Å². The van der Waals surface area contributed by atoms with Gasteiger partial charge in [-0.05, 0) is 12.8 Å². The van der Waals surface area contributed by atoms with Crippen molar-refractivity contribution < 1.29 is 9.84 Å². The fraction of sp³-hybridized carbons (Fsp3) is 0.714. The smallest absolute Gasteiger partial charge is 0.129 e. The first-order valence-corrected chi connectivity index (χ1v) is 7.11. The molecule has 1 aliphatic carbocycles. The molecular formula is C14H21N3O2. The Hall–Kier alpha value is -1.20. The highest BCUT2D eigenvalue weighted by molar-refractivity contribution is 5.36. The molecule has 5 heteroatoms. The molecule has 0 spiro atoms. The summed E-state index contributed by atoms with van der Waals surface area (Å²) in [7, 11) is 0. The standard InChI is InChI=1S/C14H21N3O2/c18-14(4-6-19-7-5-14)9-15-13-8-12(16-10-17-13)11-2-1-3-11/h8,10-11,18H,1-7,9H2,(H,15,16,17). The maximum absolute atomic E-state index is 10.4. The third-order valence-corrected chi connectivity index (χ3v) is 4.23. The minimum Gasteiger partial charge on any atom is -0.388 e. The van der Waals surface area contributed by atoms with Crippen LogP contribution < -0.4 is 5.32 Å². The van der Waals surface area contributed by atoms with Crippen LogP contribution in [0.15, 0.2) is 12.4 Å². The summed E-state index contributed by atoms with van der Waals surface area (Å²) in [6, 6.07) is 2.02. The number of aliphatic hydroxyl groups is 1. The number of hydrogen-bond acceptors (Lipinski definition) is 5. The van der Waals surface area contributed by atoms with E-state index >= 15 is 0 Å². The summed E-state index contributed by atoms with van der Waals surface area (Å²) < 4.78 is 5.28. The molecule has 1 saturated heterocycles. The van der Waals surface area contributed by atoms with Gasteiger partial charge in [0.15, 0.2) is 0 Å². The van der Waals surface area contributed by atoms with Crippen molar-refractivity contribution >= 4 is 5.82 Å². The van der Waals surface area contributed by atoms with Crippen LogP contribution in [-0.4, -0.2) is 40.4 Å². The second-order valence-electron chi connectivity index (χ2n) is 5.65. The van der Waals surface area contributed by atoms with Crippen molar-refractivity contribution in [1.82, 2.24) is 9.97 Å². The number of nitrogens with zero attached hydrogens (tertiary/aromatic N) is 2. The third kappa shape index (κ3) is 3.04. The minimum atomic E-state index is -0.667. The van der Waals surface area contributed by atoms with Crippen molar-refractivity contribution in [2.24, 2.45) is 0 Å². The molecule has 3 rings (SSSR count). The molecule has 1 aliphatic heterocycles. The van der Waals surface area contributed by atoms with E-state index in [1.807, 2.05) is 6.07 Å². The molecule has 19 heavy (non-hydrogen) atoms. The Morgan fingerprint density at radius 2 is 2.11 bits per heavy atom. The minimum absolute atomic E-state index is 0.525. The normalized spacial score (nSPS) is 22.8. The van der Waals surface area contributed by atoms with E-state index in [2.05, 4.69) is 15.3 Å². The van der Waals surface area contributed by atoms with Crippen LogP contribution in [0.1, 0.15) is 43.7 Å². The van der Waals surface area contributed by atoms with Crippen LogP contribution in [0.2, 0.25) is 0 Å². The molecule has 0 amide bonds. The average molecular weight is 263 g/mol. The van der Waals surface area contributed by atoms with Gasteiger partial charge in [0, 0.05) is 50.3 Å². The van der Waals surface area contributed by atoms with E-state index in [4.69, 9.17) is 4.74 Å². The topological polar surface area (TPSA) is 67.3 Å². The van der Waals surface area contributed by atoms with Crippen molar-refractivity contribution in [3.63, 3.8) is 0 Å². The number of anilines is 1. The first-order valence-electron chi connectivity index (χ1n) is 7.11. The monoisotopic (exact) mass is 263 g/mol. The van der Waals surface area contributed by atoms with Crippen LogP contribution >= 0.6 is 0 Å². The molecule has 0 unspecified atom stereocenters. The van der Waals surface area contributed by atoms with Crippen LogP contribution in [0.3, 0.4) is 0 Å². The van der Waals surface area contributed by atoms with E-state index < -0.39 is 5.60 Å². The van der Waals surface area contributed by atoms with E-state index in [0.717, 1.165) is 11.5 Å². The predicted octanol–water partition coefficient (Wildman–Crippen LogP) is 1.70. The number of nitrogens with one attached hydrogen (secondary N) is 1. The Bertz CT molecular complexity index is 428. The molecule has 104 valence electrons. The Labute approximate surface area is 113 Å².